The lowest BCUT2D eigenvalue weighted by Gasteiger charge is -2.14. The molecule has 0 aliphatic heterocycles. The van der Waals surface area contributed by atoms with E-state index in [1.165, 1.54) is 0 Å². The number of ether oxygens (including phenoxy) is 1. The first kappa shape index (κ1) is 14.0. The van der Waals surface area contributed by atoms with Gasteiger partial charge in [0.25, 0.3) is 0 Å². The number of halogens is 1. The molecule has 2 rings (SSSR count). The maximum atomic E-state index is 5.61. The third kappa shape index (κ3) is 4.03. The molecule has 1 heterocycles. The summed E-state index contributed by atoms with van der Waals surface area (Å²) in [7, 11) is 0. The molecular formula is C15H18BrNO2. The van der Waals surface area contributed by atoms with Gasteiger partial charge in [0.1, 0.15) is 11.5 Å². The molecule has 0 saturated carbocycles. The summed E-state index contributed by atoms with van der Waals surface area (Å²) in [5, 5.41) is 3.38. The van der Waals surface area contributed by atoms with Crippen LogP contribution < -0.4 is 10.1 Å². The van der Waals surface area contributed by atoms with E-state index >= 15 is 0 Å². The lowest BCUT2D eigenvalue weighted by molar-refractivity contribution is 0.242. The second-order valence-electron chi connectivity index (χ2n) is 4.70. The number of hydrogen-bond acceptors (Lipinski definition) is 3. The Kier molecular flexibility index (Phi) is 4.53. The second-order valence-corrected chi connectivity index (χ2v) is 5.48. The molecule has 0 fully saturated rings. The van der Waals surface area contributed by atoms with Crippen LogP contribution in [0.25, 0.3) is 0 Å². The summed E-state index contributed by atoms with van der Waals surface area (Å²) in [5.41, 5.74) is 1.04. The molecule has 0 radical (unpaired) electrons. The fourth-order valence-electron chi connectivity index (χ4n) is 1.78. The van der Waals surface area contributed by atoms with Crippen molar-refractivity contribution in [3.8, 4) is 5.75 Å². The van der Waals surface area contributed by atoms with Crippen LogP contribution in [0.1, 0.15) is 32.6 Å². The van der Waals surface area contributed by atoms with Gasteiger partial charge in [0.2, 0.25) is 0 Å². The van der Waals surface area contributed by atoms with Crippen LogP contribution in [0, 0.1) is 0 Å². The maximum absolute atomic E-state index is 5.61. The third-order valence-corrected chi connectivity index (χ3v) is 3.06. The Bertz CT molecular complexity index is 519. The van der Waals surface area contributed by atoms with Gasteiger partial charge in [-0.2, -0.15) is 0 Å². The van der Waals surface area contributed by atoms with Gasteiger partial charge in [-0.25, -0.2) is 0 Å². The standard InChI is InChI=1S/C15H18BrNO2/c1-10(2)18-13-6-4-12(5-7-13)17-11(3)14-8-9-15(16)19-14/h4-11,17H,1-3H3. The highest BCUT2D eigenvalue weighted by molar-refractivity contribution is 9.10. The second kappa shape index (κ2) is 6.15. The van der Waals surface area contributed by atoms with Crippen molar-refractivity contribution in [2.24, 2.45) is 0 Å². The Morgan fingerprint density at radius 1 is 1.05 bits per heavy atom. The van der Waals surface area contributed by atoms with Gasteiger partial charge in [-0.15, -0.1) is 0 Å². The van der Waals surface area contributed by atoms with Crippen molar-refractivity contribution in [1.29, 1.82) is 0 Å². The quantitative estimate of drug-likeness (QED) is 0.840. The summed E-state index contributed by atoms with van der Waals surface area (Å²) in [6.45, 7) is 6.09. The highest BCUT2D eigenvalue weighted by Crippen LogP contribution is 2.25. The van der Waals surface area contributed by atoms with Gasteiger partial charge in [-0.05, 0) is 73.1 Å². The van der Waals surface area contributed by atoms with E-state index in [2.05, 4.69) is 28.2 Å². The van der Waals surface area contributed by atoms with Crippen LogP contribution in [-0.2, 0) is 0 Å². The van der Waals surface area contributed by atoms with Gasteiger partial charge >= 0.3 is 0 Å². The van der Waals surface area contributed by atoms with Crippen LogP contribution in [0.4, 0.5) is 5.69 Å². The highest BCUT2D eigenvalue weighted by Gasteiger charge is 2.09. The topological polar surface area (TPSA) is 34.4 Å². The van der Waals surface area contributed by atoms with E-state index in [-0.39, 0.29) is 12.1 Å². The number of benzene rings is 1. The monoisotopic (exact) mass is 323 g/mol. The summed E-state index contributed by atoms with van der Waals surface area (Å²) in [6, 6.07) is 11.9. The average Bonchev–Trinajstić information content (AvgIpc) is 2.78. The normalized spacial score (nSPS) is 12.5. The molecule has 2 aromatic rings. The molecule has 1 N–H and O–H groups in total. The smallest absolute Gasteiger partial charge is 0.169 e. The molecule has 1 aromatic heterocycles. The van der Waals surface area contributed by atoms with Crippen molar-refractivity contribution in [3.63, 3.8) is 0 Å². The minimum atomic E-state index is 0.114. The van der Waals surface area contributed by atoms with Crippen LogP contribution >= 0.6 is 15.9 Å². The molecule has 1 aromatic carbocycles. The van der Waals surface area contributed by atoms with Crippen molar-refractivity contribution in [2.45, 2.75) is 32.9 Å². The van der Waals surface area contributed by atoms with Crippen LogP contribution in [0.15, 0.2) is 45.5 Å². The zero-order valence-electron chi connectivity index (χ0n) is 11.3. The summed E-state index contributed by atoms with van der Waals surface area (Å²) in [6.07, 6.45) is 0.193. The SMILES string of the molecule is CC(C)Oc1ccc(NC(C)c2ccc(Br)o2)cc1. The molecule has 4 heteroatoms. The molecule has 0 bridgehead atoms. The zero-order chi connectivity index (χ0) is 13.8. The molecule has 0 saturated heterocycles. The predicted molar refractivity (Wildman–Crippen MR) is 80.7 cm³/mol. The summed E-state index contributed by atoms with van der Waals surface area (Å²) in [4.78, 5) is 0. The molecular weight excluding hydrogens is 306 g/mol. The highest BCUT2D eigenvalue weighted by atomic mass is 79.9. The first-order valence-corrected chi connectivity index (χ1v) is 7.12. The Balaban J connectivity index is 1.99. The van der Waals surface area contributed by atoms with E-state index in [9.17, 15) is 0 Å². The Morgan fingerprint density at radius 2 is 1.74 bits per heavy atom. The van der Waals surface area contributed by atoms with Crippen LogP contribution in [0.2, 0.25) is 0 Å². The molecule has 19 heavy (non-hydrogen) atoms. The molecule has 0 amide bonds. The first-order chi connectivity index (χ1) is 9.04. The minimum Gasteiger partial charge on any atom is -0.491 e. The van der Waals surface area contributed by atoms with Crippen molar-refractivity contribution in [1.82, 2.24) is 0 Å². The van der Waals surface area contributed by atoms with Crippen molar-refractivity contribution < 1.29 is 9.15 Å². The van der Waals surface area contributed by atoms with Crippen molar-refractivity contribution in [2.75, 3.05) is 5.32 Å². The Morgan fingerprint density at radius 3 is 2.26 bits per heavy atom. The summed E-state index contributed by atoms with van der Waals surface area (Å²) >= 11 is 3.31. The lowest BCUT2D eigenvalue weighted by atomic mass is 10.2. The first-order valence-electron chi connectivity index (χ1n) is 6.33. The van der Waals surface area contributed by atoms with Crippen molar-refractivity contribution in [3.05, 3.63) is 46.8 Å². The molecule has 3 nitrogen and oxygen atoms in total. The van der Waals surface area contributed by atoms with Crippen molar-refractivity contribution >= 4 is 21.6 Å². The van der Waals surface area contributed by atoms with Crippen LogP contribution in [0.5, 0.6) is 5.75 Å². The van der Waals surface area contributed by atoms with Crippen LogP contribution in [-0.4, -0.2) is 6.10 Å². The molecule has 0 aliphatic rings. The summed E-state index contributed by atoms with van der Waals surface area (Å²) < 4.78 is 11.9. The zero-order valence-corrected chi connectivity index (χ0v) is 12.9. The fraction of sp³-hybridized carbons (Fsp3) is 0.333. The predicted octanol–water partition coefficient (Wildman–Crippen LogP) is 5.00. The van der Waals surface area contributed by atoms with Crippen LogP contribution in [0.3, 0.4) is 0 Å². The molecule has 1 atom stereocenters. The molecule has 0 spiro atoms. The van der Waals surface area contributed by atoms with E-state index in [4.69, 9.17) is 9.15 Å². The third-order valence-electron chi connectivity index (χ3n) is 2.63. The van der Waals surface area contributed by atoms with E-state index in [0.717, 1.165) is 21.9 Å². The van der Waals surface area contributed by atoms with E-state index in [0.29, 0.717) is 0 Å². The minimum absolute atomic E-state index is 0.114. The summed E-state index contributed by atoms with van der Waals surface area (Å²) in [5.74, 6) is 1.78. The molecule has 1 unspecified atom stereocenters. The lowest BCUT2D eigenvalue weighted by Crippen LogP contribution is -2.07. The largest absolute Gasteiger partial charge is 0.491 e. The Labute approximate surface area is 122 Å². The van der Waals surface area contributed by atoms with E-state index in [1.807, 2.05) is 50.2 Å². The number of furan rings is 1. The number of rotatable bonds is 5. The fourth-order valence-corrected chi connectivity index (χ4v) is 2.10. The number of anilines is 1. The van der Waals surface area contributed by atoms with Gasteiger partial charge in [0.05, 0.1) is 12.1 Å². The van der Waals surface area contributed by atoms with Gasteiger partial charge in [0, 0.05) is 5.69 Å². The number of nitrogens with one attached hydrogen (secondary N) is 1. The molecule has 102 valence electrons. The Hall–Kier alpha value is -1.42. The van der Waals surface area contributed by atoms with Gasteiger partial charge in [-0.1, -0.05) is 0 Å². The van der Waals surface area contributed by atoms with E-state index in [1.54, 1.807) is 0 Å². The van der Waals surface area contributed by atoms with Gasteiger partial charge < -0.3 is 14.5 Å². The van der Waals surface area contributed by atoms with E-state index < -0.39 is 0 Å². The van der Waals surface area contributed by atoms with Gasteiger partial charge in [-0.3, -0.25) is 0 Å². The average molecular weight is 324 g/mol. The van der Waals surface area contributed by atoms with Gasteiger partial charge in [0.15, 0.2) is 4.67 Å². The molecule has 0 aliphatic carbocycles. The maximum Gasteiger partial charge on any atom is 0.169 e. The number of hydrogen-bond donors (Lipinski definition) is 1.